The van der Waals surface area contributed by atoms with E-state index in [1.807, 2.05) is 0 Å². The Bertz CT molecular complexity index is 946. The van der Waals surface area contributed by atoms with E-state index in [1.54, 1.807) is 0 Å². The summed E-state index contributed by atoms with van der Waals surface area (Å²) in [5, 5.41) is 8.82. The Morgan fingerprint density at radius 2 is 2.04 bits per heavy atom. The van der Waals surface area contributed by atoms with E-state index in [-0.39, 0.29) is 37.1 Å². The fourth-order valence-electron chi connectivity index (χ4n) is 2.86. The summed E-state index contributed by atoms with van der Waals surface area (Å²) in [7, 11) is 0. The monoisotopic (exact) mass is 364 g/mol. The van der Waals surface area contributed by atoms with Crippen LogP contribution in [-0.4, -0.2) is 28.7 Å². The zero-order valence-corrected chi connectivity index (χ0v) is 13.6. The molecule has 1 aliphatic heterocycles. The smallest absolute Gasteiger partial charge is 0.396 e. The molecule has 0 atom stereocenters. The van der Waals surface area contributed by atoms with Crippen molar-refractivity contribution in [3.8, 4) is 11.1 Å². The molecule has 1 aromatic carbocycles. The highest BCUT2D eigenvalue weighted by molar-refractivity contribution is 5.98. The fraction of sp³-hybridized carbons (Fsp3) is 0.278. The number of aliphatic hydroxyl groups excluding tert-OH is 1. The molecule has 0 saturated carbocycles. The number of nitrogens with zero attached hydrogens (tertiary/aromatic N) is 1. The van der Waals surface area contributed by atoms with Crippen LogP contribution in [0.2, 0.25) is 0 Å². The number of benzene rings is 1. The first-order chi connectivity index (χ1) is 12.3. The number of ketones is 1. The molecular weight excluding hydrogens is 349 g/mol. The van der Waals surface area contributed by atoms with Crippen LogP contribution in [-0.2, 0) is 12.7 Å². The second-order valence-electron chi connectivity index (χ2n) is 5.95. The van der Waals surface area contributed by atoms with Crippen molar-refractivity contribution in [1.82, 2.24) is 4.98 Å². The molecule has 8 heteroatoms. The minimum atomic E-state index is -4.52. The molecule has 0 saturated heterocycles. The van der Waals surface area contributed by atoms with Crippen molar-refractivity contribution in [3.63, 3.8) is 0 Å². The van der Waals surface area contributed by atoms with Gasteiger partial charge in [-0.25, -0.2) is 0 Å². The SMILES string of the molecule is O=C(CCCO)c1cc(-c2cc(C(F)(F)F)cc3c2C=NC3)c[nH]c1=O. The van der Waals surface area contributed by atoms with Gasteiger partial charge in [0.05, 0.1) is 17.7 Å². The number of halogens is 3. The third kappa shape index (κ3) is 3.45. The summed E-state index contributed by atoms with van der Waals surface area (Å²) in [4.78, 5) is 30.5. The second-order valence-corrected chi connectivity index (χ2v) is 5.95. The standard InChI is InChI=1S/C18H15F3N2O3/c19-18(20,21)12-4-10-7-22-9-15(10)13(6-12)11-5-14(17(26)23-8-11)16(25)2-1-3-24/h4-6,8-9,24H,1-3,7H2,(H,23,26). The molecule has 0 bridgehead atoms. The zero-order valence-electron chi connectivity index (χ0n) is 13.6. The number of aliphatic hydroxyl groups is 1. The molecule has 26 heavy (non-hydrogen) atoms. The first kappa shape index (κ1) is 18.1. The number of H-pyrrole nitrogens is 1. The van der Waals surface area contributed by atoms with Gasteiger partial charge in [-0.2, -0.15) is 13.2 Å². The quantitative estimate of drug-likeness (QED) is 0.801. The van der Waals surface area contributed by atoms with Gasteiger partial charge in [0.25, 0.3) is 5.56 Å². The maximum atomic E-state index is 13.2. The van der Waals surface area contributed by atoms with E-state index in [0.29, 0.717) is 16.7 Å². The van der Waals surface area contributed by atoms with Crippen LogP contribution in [0.5, 0.6) is 0 Å². The lowest BCUT2D eigenvalue weighted by Crippen LogP contribution is -2.18. The van der Waals surface area contributed by atoms with Crippen LogP contribution < -0.4 is 5.56 Å². The molecule has 0 amide bonds. The number of fused-ring (bicyclic) bond motifs is 1. The van der Waals surface area contributed by atoms with Crippen molar-refractivity contribution < 1.29 is 23.1 Å². The molecule has 0 aliphatic carbocycles. The van der Waals surface area contributed by atoms with E-state index >= 15 is 0 Å². The Hall–Kier alpha value is -2.74. The van der Waals surface area contributed by atoms with Gasteiger partial charge in [0.1, 0.15) is 0 Å². The van der Waals surface area contributed by atoms with Crippen molar-refractivity contribution in [1.29, 1.82) is 0 Å². The fourth-order valence-corrected chi connectivity index (χ4v) is 2.86. The van der Waals surface area contributed by atoms with Crippen molar-refractivity contribution in [2.75, 3.05) is 6.61 Å². The maximum absolute atomic E-state index is 13.2. The van der Waals surface area contributed by atoms with Gasteiger partial charge in [-0.15, -0.1) is 0 Å². The lowest BCUT2D eigenvalue weighted by molar-refractivity contribution is -0.137. The van der Waals surface area contributed by atoms with E-state index in [2.05, 4.69) is 9.98 Å². The molecule has 1 aromatic heterocycles. The topological polar surface area (TPSA) is 82.5 Å². The Morgan fingerprint density at radius 3 is 2.73 bits per heavy atom. The Labute approximate surface area is 146 Å². The molecule has 0 spiro atoms. The molecule has 5 nitrogen and oxygen atoms in total. The van der Waals surface area contributed by atoms with Gasteiger partial charge in [0.2, 0.25) is 0 Å². The molecule has 0 radical (unpaired) electrons. The summed E-state index contributed by atoms with van der Waals surface area (Å²) in [6.45, 7) is -0.0428. The Balaban J connectivity index is 2.12. The lowest BCUT2D eigenvalue weighted by Gasteiger charge is -2.14. The lowest BCUT2D eigenvalue weighted by atomic mass is 9.93. The highest BCUT2D eigenvalue weighted by Crippen LogP contribution is 2.36. The number of alkyl halides is 3. The van der Waals surface area contributed by atoms with Gasteiger partial charge in [-0.1, -0.05) is 0 Å². The van der Waals surface area contributed by atoms with Crippen molar-refractivity contribution in [2.24, 2.45) is 4.99 Å². The van der Waals surface area contributed by atoms with Gasteiger partial charge in [0, 0.05) is 31.0 Å². The molecule has 2 aromatic rings. The molecular formula is C18H15F3N2O3. The molecule has 2 heterocycles. The van der Waals surface area contributed by atoms with E-state index < -0.39 is 23.1 Å². The molecule has 0 unspecified atom stereocenters. The Morgan fingerprint density at radius 1 is 1.27 bits per heavy atom. The molecule has 3 rings (SSSR count). The molecule has 0 fully saturated rings. The van der Waals surface area contributed by atoms with E-state index in [0.717, 1.165) is 12.1 Å². The van der Waals surface area contributed by atoms with Crippen LogP contribution in [0.4, 0.5) is 13.2 Å². The average Bonchev–Trinajstić information content (AvgIpc) is 3.07. The van der Waals surface area contributed by atoms with E-state index in [1.165, 1.54) is 18.5 Å². The van der Waals surface area contributed by atoms with Gasteiger partial charge in [0.15, 0.2) is 5.78 Å². The predicted octanol–water partition coefficient (Wildman–Crippen LogP) is 2.95. The van der Waals surface area contributed by atoms with Crippen LogP contribution in [0.25, 0.3) is 11.1 Å². The summed E-state index contributed by atoms with van der Waals surface area (Å²) in [6.07, 6.45) is -1.57. The Kier molecular flexibility index (Phi) is 4.78. The normalized spacial score (nSPS) is 13.1. The minimum Gasteiger partial charge on any atom is -0.396 e. The third-order valence-electron chi connectivity index (χ3n) is 4.15. The van der Waals surface area contributed by atoms with Crippen LogP contribution in [0.3, 0.4) is 0 Å². The summed E-state index contributed by atoms with van der Waals surface area (Å²) in [5.41, 5.74) is -0.0358. The zero-order chi connectivity index (χ0) is 18.9. The summed E-state index contributed by atoms with van der Waals surface area (Å²) >= 11 is 0. The molecule has 2 N–H and O–H groups in total. The average molecular weight is 364 g/mol. The molecule has 136 valence electrons. The van der Waals surface area contributed by atoms with Gasteiger partial charge >= 0.3 is 6.18 Å². The summed E-state index contributed by atoms with van der Waals surface area (Å²) in [6, 6.07) is 3.34. The first-order valence-electron chi connectivity index (χ1n) is 7.92. The minimum absolute atomic E-state index is 0.0226. The van der Waals surface area contributed by atoms with Gasteiger partial charge in [-0.05, 0) is 41.3 Å². The van der Waals surface area contributed by atoms with Crippen LogP contribution >= 0.6 is 0 Å². The highest BCUT2D eigenvalue weighted by atomic mass is 19.4. The number of aromatic nitrogens is 1. The number of pyridine rings is 1. The third-order valence-corrected chi connectivity index (χ3v) is 4.15. The maximum Gasteiger partial charge on any atom is 0.416 e. The predicted molar refractivity (Wildman–Crippen MR) is 89.4 cm³/mol. The number of hydrogen-bond donors (Lipinski definition) is 2. The van der Waals surface area contributed by atoms with E-state index in [9.17, 15) is 22.8 Å². The first-order valence-corrected chi connectivity index (χ1v) is 7.92. The number of carbonyl (C=O) groups excluding carboxylic acids is 1. The second kappa shape index (κ2) is 6.87. The van der Waals surface area contributed by atoms with Gasteiger partial charge < -0.3 is 10.1 Å². The van der Waals surface area contributed by atoms with Crippen molar-refractivity contribution in [2.45, 2.75) is 25.6 Å². The largest absolute Gasteiger partial charge is 0.416 e. The van der Waals surface area contributed by atoms with Gasteiger partial charge in [-0.3, -0.25) is 14.6 Å². The number of aromatic amines is 1. The number of rotatable bonds is 5. The summed E-state index contributed by atoms with van der Waals surface area (Å²) in [5.74, 6) is -0.473. The molecule has 1 aliphatic rings. The van der Waals surface area contributed by atoms with Crippen LogP contribution in [0, 0.1) is 0 Å². The summed E-state index contributed by atoms with van der Waals surface area (Å²) < 4.78 is 39.6. The number of Topliss-reactive ketones (excluding diaryl/α,β-unsaturated/α-hetero) is 1. The number of nitrogens with one attached hydrogen (secondary N) is 1. The number of aliphatic imine (C=N–C) groups is 1. The highest BCUT2D eigenvalue weighted by Gasteiger charge is 2.32. The number of hydrogen-bond acceptors (Lipinski definition) is 4. The van der Waals surface area contributed by atoms with E-state index in [4.69, 9.17) is 5.11 Å². The van der Waals surface area contributed by atoms with Crippen molar-refractivity contribution >= 4 is 12.0 Å². The van der Waals surface area contributed by atoms with Crippen LogP contribution in [0.1, 0.15) is 39.9 Å². The van der Waals surface area contributed by atoms with Crippen LogP contribution in [0.15, 0.2) is 34.2 Å². The van der Waals surface area contributed by atoms with Crippen molar-refractivity contribution in [3.05, 3.63) is 57.0 Å². The number of carbonyl (C=O) groups is 1.